The highest BCUT2D eigenvalue weighted by Crippen LogP contribution is 2.23. The molecule has 2 aromatic rings. The second kappa shape index (κ2) is 5.45. The maximum atomic E-state index is 11.4. The monoisotopic (exact) mass is 278 g/mol. The maximum Gasteiger partial charge on any atom is 0.159 e. The van der Waals surface area contributed by atoms with E-state index in [1.165, 1.54) is 0 Å². The summed E-state index contributed by atoms with van der Waals surface area (Å²) < 4.78 is 7.10. The lowest BCUT2D eigenvalue weighted by molar-refractivity contribution is 0.101. The standard InChI is InChI=1S/C14H15ClN2O2/c1-9-13(15)7-16-17(9)8-12-6-11(10(2)18)4-5-14(12)19-3/h4-7H,8H2,1-3H3. The number of nitrogens with zero attached hydrogens (tertiary/aromatic N) is 2. The van der Waals surface area contributed by atoms with E-state index in [-0.39, 0.29) is 5.78 Å². The van der Waals surface area contributed by atoms with Gasteiger partial charge in [-0.1, -0.05) is 11.6 Å². The van der Waals surface area contributed by atoms with Gasteiger partial charge in [0.2, 0.25) is 0 Å². The van der Waals surface area contributed by atoms with E-state index in [1.54, 1.807) is 37.0 Å². The van der Waals surface area contributed by atoms with Gasteiger partial charge in [-0.3, -0.25) is 9.48 Å². The van der Waals surface area contributed by atoms with Gasteiger partial charge in [0.1, 0.15) is 5.75 Å². The highest BCUT2D eigenvalue weighted by Gasteiger charge is 2.10. The second-order valence-corrected chi connectivity index (χ2v) is 4.73. The first-order chi connectivity index (χ1) is 9.02. The molecule has 5 heteroatoms. The van der Waals surface area contributed by atoms with Crippen molar-refractivity contribution in [3.63, 3.8) is 0 Å². The van der Waals surface area contributed by atoms with Crippen LogP contribution in [0.25, 0.3) is 0 Å². The van der Waals surface area contributed by atoms with E-state index in [0.717, 1.165) is 17.0 Å². The Balaban J connectivity index is 2.40. The van der Waals surface area contributed by atoms with Gasteiger partial charge in [-0.25, -0.2) is 0 Å². The van der Waals surface area contributed by atoms with Gasteiger partial charge in [-0.05, 0) is 32.0 Å². The van der Waals surface area contributed by atoms with E-state index < -0.39 is 0 Å². The summed E-state index contributed by atoms with van der Waals surface area (Å²) in [7, 11) is 1.61. The molecule has 0 saturated heterocycles. The average Bonchev–Trinajstić information content (AvgIpc) is 2.70. The lowest BCUT2D eigenvalue weighted by atomic mass is 10.1. The number of methoxy groups -OCH3 is 1. The van der Waals surface area contributed by atoms with Crippen LogP contribution in [0, 0.1) is 6.92 Å². The first kappa shape index (κ1) is 13.6. The molecule has 0 aliphatic rings. The summed E-state index contributed by atoms with van der Waals surface area (Å²) in [5.41, 5.74) is 2.45. The Labute approximate surface area is 116 Å². The van der Waals surface area contributed by atoms with E-state index in [4.69, 9.17) is 16.3 Å². The molecule has 0 fully saturated rings. The highest BCUT2D eigenvalue weighted by molar-refractivity contribution is 6.31. The Bertz CT molecular complexity index is 620. The summed E-state index contributed by atoms with van der Waals surface area (Å²) in [6.07, 6.45) is 1.61. The van der Waals surface area contributed by atoms with Gasteiger partial charge < -0.3 is 4.74 Å². The molecule has 0 saturated carbocycles. The van der Waals surface area contributed by atoms with E-state index in [1.807, 2.05) is 13.0 Å². The van der Waals surface area contributed by atoms with Gasteiger partial charge in [-0.15, -0.1) is 0 Å². The van der Waals surface area contributed by atoms with Crippen LogP contribution in [0.1, 0.15) is 28.5 Å². The SMILES string of the molecule is COc1ccc(C(C)=O)cc1Cn1ncc(Cl)c1C. The Hall–Kier alpha value is -1.81. The quantitative estimate of drug-likeness (QED) is 0.807. The number of Topliss-reactive ketones (excluding diaryl/α,β-unsaturated/α-hetero) is 1. The number of hydrogen-bond acceptors (Lipinski definition) is 3. The molecule has 0 amide bonds. The smallest absolute Gasteiger partial charge is 0.159 e. The molecule has 1 heterocycles. The first-order valence-electron chi connectivity index (χ1n) is 5.88. The Kier molecular flexibility index (Phi) is 3.90. The maximum absolute atomic E-state index is 11.4. The van der Waals surface area contributed by atoms with E-state index in [2.05, 4.69) is 5.10 Å². The van der Waals surface area contributed by atoms with Crippen molar-refractivity contribution >= 4 is 17.4 Å². The molecule has 0 atom stereocenters. The number of benzene rings is 1. The van der Waals surface area contributed by atoms with Crippen molar-refractivity contribution in [2.75, 3.05) is 7.11 Å². The van der Waals surface area contributed by atoms with Crippen LogP contribution in [0.2, 0.25) is 5.02 Å². The van der Waals surface area contributed by atoms with Crippen molar-refractivity contribution < 1.29 is 9.53 Å². The van der Waals surface area contributed by atoms with Crippen LogP contribution in [-0.4, -0.2) is 22.7 Å². The number of ketones is 1. The van der Waals surface area contributed by atoms with Crippen molar-refractivity contribution in [3.05, 3.63) is 46.2 Å². The van der Waals surface area contributed by atoms with Gasteiger partial charge in [0.25, 0.3) is 0 Å². The van der Waals surface area contributed by atoms with Crippen molar-refractivity contribution in [1.29, 1.82) is 0 Å². The van der Waals surface area contributed by atoms with Crippen LogP contribution in [0.5, 0.6) is 5.75 Å². The normalized spacial score (nSPS) is 10.5. The molecule has 0 N–H and O–H groups in total. The molecule has 4 nitrogen and oxygen atoms in total. The van der Waals surface area contributed by atoms with Crippen LogP contribution < -0.4 is 4.74 Å². The van der Waals surface area contributed by atoms with Gasteiger partial charge >= 0.3 is 0 Å². The van der Waals surface area contributed by atoms with Crippen LogP contribution in [0.3, 0.4) is 0 Å². The lowest BCUT2D eigenvalue weighted by Gasteiger charge is -2.11. The van der Waals surface area contributed by atoms with Crippen LogP contribution >= 0.6 is 11.6 Å². The molecule has 1 aromatic carbocycles. The fraction of sp³-hybridized carbons (Fsp3) is 0.286. The molecule has 0 spiro atoms. The van der Waals surface area contributed by atoms with E-state index >= 15 is 0 Å². The van der Waals surface area contributed by atoms with Gasteiger partial charge in [-0.2, -0.15) is 5.10 Å². The zero-order valence-corrected chi connectivity index (χ0v) is 11.9. The molecule has 0 bridgehead atoms. The number of hydrogen-bond donors (Lipinski definition) is 0. The number of carbonyl (C=O) groups excluding carboxylic acids is 1. The Morgan fingerprint density at radius 3 is 2.74 bits per heavy atom. The molecule has 0 aliphatic heterocycles. The summed E-state index contributed by atoms with van der Waals surface area (Å²) >= 11 is 5.98. The Morgan fingerprint density at radius 2 is 2.21 bits per heavy atom. The van der Waals surface area contributed by atoms with Gasteiger partial charge in [0, 0.05) is 11.1 Å². The largest absolute Gasteiger partial charge is 0.496 e. The summed E-state index contributed by atoms with van der Waals surface area (Å²) in [4.78, 5) is 11.4. The van der Waals surface area contributed by atoms with Crippen LogP contribution in [0.4, 0.5) is 0 Å². The number of carbonyl (C=O) groups is 1. The molecule has 0 radical (unpaired) electrons. The van der Waals surface area contributed by atoms with Crippen LogP contribution in [-0.2, 0) is 6.54 Å². The molecule has 19 heavy (non-hydrogen) atoms. The number of aromatic nitrogens is 2. The van der Waals surface area contributed by atoms with Crippen molar-refractivity contribution in [1.82, 2.24) is 9.78 Å². The molecule has 1 aromatic heterocycles. The van der Waals surface area contributed by atoms with Gasteiger partial charge in [0.15, 0.2) is 5.78 Å². The third-order valence-electron chi connectivity index (χ3n) is 3.05. The van der Waals surface area contributed by atoms with Crippen LogP contribution in [0.15, 0.2) is 24.4 Å². The molecule has 2 rings (SSSR count). The average molecular weight is 279 g/mol. The summed E-state index contributed by atoms with van der Waals surface area (Å²) in [5, 5.41) is 4.83. The number of rotatable bonds is 4. The molecule has 0 unspecified atom stereocenters. The first-order valence-corrected chi connectivity index (χ1v) is 6.26. The fourth-order valence-electron chi connectivity index (χ4n) is 1.87. The molecule has 100 valence electrons. The van der Waals surface area contributed by atoms with Crippen molar-refractivity contribution in [2.45, 2.75) is 20.4 Å². The summed E-state index contributed by atoms with van der Waals surface area (Å²) in [6, 6.07) is 5.39. The predicted molar refractivity (Wildman–Crippen MR) is 74.1 cm³/mol. The van der Waals surface area contributed by atoms with Crippen molar-refractivity contribution in [2.24, 2.45) is 0 Å². The minimum Gasteiger partial charge on any atom is -0.496 e. The molecular weight excluding hydrogens is 264 g/mol. The Morgan fingerprint density at radius 1 is 1.47 bits per heavy atom. The molecule has 0 aliphatic carbocycles. The fourth-order valence-corrected chi connectivity index (χ4v) is 2.01. The minimum absolute atomic E-state index is 0.0270. The third-order valence-corrected chi connectivity index (χ3v) is 3.42. The number of ether oxygens (including phenoxy) is 1. The third kappa shape index (κ3) is 2.79. The second-order valence-electron chi connectivity index (χ2n) is 4.32. The number of halogens is 1. The predicted octanol–water partition coefficient (Wildman–Crippen LogP) is 3.10. The lowest BCUT2D eigenvalue weighted by Crippen LogP contribution is -2.06. The van der Waals surface area contributed by atoms with Gasteiger partial charge in [0.05, 0.1) is 30.6 Å². The molecular formula is C14H15ClN2O2. The highest BCUT2D eigenvalue weighted by atomic mass is 35.5. The minimum atomic E-state index is 0.0270. The van der Waals surface area contributed by atoms with E-state index in [9.17, 15) is 4.79 Å². The van der Waals surface area contributed by atoms with E-state index in [0.29, 0.717) is 17.1 Å². The van der Waals surface area contributed by atoms with Crippen molar-refractivity contribution in [3.8, 4) is 5.75 Å². The summed E-state index contributed by atoms with van der Waals surface area (Å²) in [6.45, 7) is 3.96. The topological polar surface area (TPSA) is 44.1 Å². The summed E-state index contributed by atoms with van der Waals surface area (Å²) in [5.74, 6) is 0.759. The zero-order chi connectivity index (χ0) is 14.0. The zero-order valence-electron chi connectivity index (χ0n) is 11.1.